The summed E-state index contributed by atoms with van der Waals surface area (Å²) in [6.07, 6.45) is -0.824. The fourth-order valence-corrected chi connectivity index (χ4v) is 5.94. The third kappa shape index (κ3) is 6.65. The molecule has 40 heavy (non-hydrogen) atoms. The van der Waals surface area contributed by atoms with E-state index in [1.165, 1.54) is 13.8 Å². The highest BCUT2D eigenvalue weighted by Gasteiger charge is 2.58. The summed E-state index contributed by atoms with van der Waals surface area (Å²) in [4.78, 5) is 37.4. The van der Waals surface area contributed by atoms with E-state index in [0.29, 0.717) is 11.1 Å². The number of hydrogen-bond donors (Lipinski definition) is 3. The van der Waals surface area contributed by atoms with Gasteiger partial charge in [0.25, 0.3) is 0 Å². The lowest BCUT2D eigenvalue weighted by Crippen LogP contribution is -2.53. The van der Waals surface area contributed by atoms with E-state index in [2.05, 4.69) is 0 Å². The maximum atomic E-state index is 13.1. The van der Waals surface area contributed by atoms with Crippen LogP contribution in [0, 0.1) is 23.2 Å². The quantitative estimate of drug-likeness (QED) is 0.288. The lowest BCUT2D eigenvalue weighted by molar-refractivity contribution is -0.173. The van der Waals surface area contributed by atoms with Gasteiger partial charge in [-0.1, -0.05) is 64.1 Å². The average molecular weight is 559 g/mol. The topological polar surface area (TPSA) is 140 Å². The zero-order chi connectivity index (χ0) is 30.0. The van der Waals surface area contributed by atoms with Gasteiger partial charge in [0, 0.05) is 31.1 Å². The SMILES string of the molecule is CC(=O)O[C@H]1/C(C)=C/[C@H]2[C@@H](OC(=O)c3ccccc3)[C@@H](C)C[C@]2(O)[C@@H](OC(C)=O)[C@@H](C)/C=C/C(C)(C)[C@H](O)[C@H]1O. The molecule has 9 atom stereocenters. The third-order valence-electron chi connectivity index (χ3n) is 8.07. The fraction of sp³-hybridized carbons (Fsp3) is 0.581. The van der Waals surface area contributed by atoms with Crippen LogP contribution >= 0.6 is 0 Å². The van der Waals surface area contributed by atoms with E-state index in [4.69, 9.17) is 14.2 Å². The summed E-state index contributed by atoms with van der Waals surface area (Å²) in [5.41, 5.74) is -1.99. The first-order valence-electron chi connectivity index (χ1n) is 13.6. The Morgan fingerprint density at radius 2 is 1.55 bits per heavy atom. The predicted molar refractivity (Wildman–Crippen MR) is 147 cm³/mol. The van der Waals surface area contributed by atoms with Crippen LogP contribution < -0.4 is 0 Å². The highest BCUT2D eigenvalue weighted by atomic mass is 16.6. The van der Waals surface area contributed by atoms with E-state index in [0.717, 1.165) is 0 Å². The zero-order valence-corrected chi connectivity index (χ0v) is 24.2. The number of aliphatic hydroxyl groups is 3. The van der Waals surface area contributed by atoms with E-state index in [9.17, 15) is 29.7 Å². The number of fused-ring (bicyclic) bond motifs is 1. The van der Waals surface area contributed by atoms with Gasteiger partial charge in [0.2, 0.25) is 0 Å². The number of carbonyl (C=O) groups is 3. The van der Waals surface area contributed by atoms with Gasteiger partial charge in [-0.15, -0.1) is 0 Å². The summed E-state index contributed by atoms with van der Waals surface area (Å²) in [6, 6.07) is 8.46. The molecule has 0 spiro atoms. The summed E-state index contributed by atoms with van der Waals surface area (Å²) in [5, 5.41) is 34.7. The number of aliphatic hydroxyl groups excluding tert-OH is 2. The Kier molecular flexibility index (Phi) is 9.65. The van der Waals surface area contributed by atoms with Crippen molar-refractivity contribution in [3.63, 3.8) is 0 Å². The normalized spacial score (nSPS) is 37.9. The number of carbonyl (C=O) groups excluding carboxylic acids is 3. The molecule has 1 aromatic carbocycles. The molecule has 0 bridgehead atoms. The highest BCUT2D eigenvalue weighted by molar-refractivity contribution is 5.89. The molecule has 3 N–H and O–H groups in total. The van der Waals surface area contributed by atoms with Gasteiger partial charge in [-0.2, -0.15) is 0 Å². The molecule has 0 unspecified atom stereocenters. The van der Waals surface area contributed by atoms with Gasteiger partial charge in [0.05, 0.1) is 11.7 Å². The average Bonchev–Trinajstić information content (AvgIpc) is 3.12. The molecular formula is C31H42O9. The van der Waals surface area contributed by atoms with Gasteiger partial charge < -0.3 is 29.5 Å². The minimum absolute atomic E-state index is 0.136. The molecule has 2 aliphatic rings. The first-order valence-corrected chi connectivity index (χ1v) is 13.6. The second kappa shape index (κ2) is 12.2. The van der Waals surface area contributed by atoms with E-state index < -0.39 is 71.3 Å². The lowest BCUT2D eigenvalue weighted by atomic mass is 9.74. The molecule has 1 aromatic rings. The zero-order valence-electron chi connectivity index (χ0n) is 24.2. The molecule has 0 heterocycles. The minimum Gasteiger partial charge on any atom is -0.459 e. The van der Waals surface area contributed by atoms with E-state index in [-0.39, 0.29) is 12.3 Å². The molecule has 1 fully saturated rings. The molecule has 0 aliphatic heterocycles. The number of esters is 3. The molecule has 9 nitrogen and oxygen atoms in total. The second-order valence-corrected chi connectivity index (χ2v) is 11.9. The molecule has 1 saturated carbocycles. The van der Waals surface area contributed by atoms with Crippen molar-refractivity contribution in [3.05, 3.63) is 59.7 Å². The fourth-order valence-electron chi connectivity index (χ4n) is 5.94. The standard InChI is InChI=1S/C31H42O9/c1-17-13-14-30(6,7)27(35)24(34)26(38-20(4)32)18(2)15-23-25(40-29(36)22-11-9-8-10-12-22)19(3)16-31(23,37)28(17)39-21(5)33/h8-15,17,19,23-28,34-35,37H,16H2,1-7H3/b14-13+,18-15+/t17-,19-,23-,24-,25-,26-,27+,28-,31+/m0/s1. The van der Waals surface area contributed by atoms with Crippen molar-refractivity contribution in [2.75, 3.05) is 0 Å². The van der Waals surface area contributed by atoms with Crippen molar-refractivity contribution in [1.29, 1.82) is 0 Å². The van der Waals surface area contributed by atoms with Crippen molar-refractivity contribution in [2.45, 2.75) is 91.0 Å². The molecule has 0 aromatic heterocycles. The maximum absolute atomic E-state index is 13.1. The summed E-state index contributed by atoms with van der Waals surface area (Å²) in [7, 11) is 0. The Morgan fingerprint density at radius 1 is 0.950 bits per heavy atom. The van der Waals surface area contributed by atoms with Crippen LogP contribution in [-0.4, -0.2) is 69.3 Å². The first kappa shape index (κ1) is 31.5. The minimum atomic E-state index is -1.69. The molecular weight excluding hydrogens is 516 g/mol. The van der Waals surface area contributed by atoms with Crippen LogP contribution in [0.25, 0.3) is 0 Å². The van der Waals surface area contributed by atoms with Crippen LogP contribution in [0.5, 0.6) is 0 Å². The molecule has 2 aliphatic carbocycles. The van der Waals surface area contributed by atoms with Gasteiger partial charge in [-0.05, 0) is 37.0 Å². The van der Waals surface area contributed by atoms with Crippen LogP contribution in [0.15, 0.2) is 54.1 Å². The van der Waals surface area contributed by atoms with Crippen LogP contribution in [0.4, 0.5) is 0 Å². The van der Waals surface area contributed by atoms with Crippen LogP contribution in [0.3, 0.4) is 0 Å². The smallest absolute Gasteiger partial charge is 0.338 e. The van der Waals surface area contributed by atoms with Crippen LogP contribution in [-0.2, 0) is 23.8 Å². The number of rotatable bonds is 4. The number of ether oxygens (including phenoxy) is 3. The molecule has 0 radical (unpaired) electrons. The maximum Gasteiger partial charge on any atom is 0.338 e. The molecule has 0 amide bonds. The Labute approximate surface area is 235 Å². The molecule has 0 saturated heterocycles. The van der Waals surface area contributed by atoms with Crippen LogP contribution in [0.1, 0.15) is 65.2 Å². The largest absolute Gasteiger partial charge is 0.459 e. The Bertz CT molecular complexity index is 1140. The van der Waals surface area contributed by atoms with Gasteiger partial charge in [-0.3, -0.25) is 9.59 Å². The summed E-state index contributed by atoms with van der Waals surface area (Å²) >= 11 is 0. The van der Waals surface area contributed by atoms with E-state index in [1.54, 1.807) is 76.3 Å². The summed E-state index contributed by atoms with van der Waals surface area (Å²) < 4.78 is 17.2. The van der Waals surface area contributed by atoms with Crippen molar-refractivity contribution in [3.8, 4) is 0 Å². The third-order valence-corrected chi connectivity index (χ3v) is 8.07. The lowest BCUT2D eigenvalue weighted by Gasteiger charge is -2.41. The van der Waals surface area contributed by atoms with E-state index in [1.807, 2.05) is 6.92 Å². The Balaban J connectivity index is 2.21. The van der Waals surface area contributed by atoms with Crippen molar-refractivity contribution >= 4 is 17.9 Å². The summed E-state index contributed by atoms with van der Waals surface area (Å²) in [5.74, 6) is -3.62. The van der Waals surface area contributed by atoms with Gasteiger partial charge >= 0.3 is 17.9 Å². The van der Waals surface area contributed by atoms with E-state index >= 15 is 0 Å². The second-order valence-electron chi connectivity index (χ2n) is 11.9. The molecule has 3 rings (SSSR count). The predicted octanol–water partition coefficient (Wildman–Crippen LogP) is 3.36. The van der Waals surface area contributed by atoms with Gasteiger partial charge in [-0.25, -0.2) is 4.79 Å². The summed E-state index contributed by atoms with van der Waals surface area (Å²) in [6.45, 7) is 11.1. The van der Waals surface area contributed by atoms with Crippen molar-refractivity contribution in [2.24, 2.45) is 23.2 Å². The Hall–Kier alpha value is -3.01. The molecule has 220 valence electrons. The van der Waals surface area contributed by atoms with Crippen molar-refractivity contribution < 1.29 is 43.9 Å². The molecule has 9 heteroatoms. The highest BCUT2D eigenvalue weighted by Crippen LogP contribution is 2.48. The van der Waals surface area contributed by atoms with Gasteiger partial charge in [0.15, 0.2) is 6.10 Å². The van der Waals surface area contributed by atoms with Crippen LogP contribution in [0.2, 0.25) is 0 Å². The monoisotopic (exact) mass is 558 g/mol. The Morgan fingerprint density at radius 3 is 2.12 bits per heavy atom. The first-order chi connectivity index (χ1) is 18.6. The number of benzene rings is 1. The number of hydrogen-bond acceptors (Lipinski definition) is 9. The van der Waals surface area contributed by atoms with Gasteiger partial charge in [0.1, 0.15) is 23.9 Å². The van der Waals surface area contributed by atoms with Crippen molar-refractivity contribution in [1.82, 2.24) is 0 Å².